The maximum atomic E-state index is 12.6. The predicted octanol–water partition coefficient (Wildman–Crippen LogP) is 1.89. The topological polar surface area (TPSA) is 24.9 Å². The highest BCUT2D eigenvalue weighted by molar-refractivity contribution is 5.14. The fourth-order valence-electron chi connectivity index (χ4n) is 1.11. The van der Waals surface area contributed by atoms with Crippen LogP contribution in [0.3, 0.4) is 0 Å². The average Bonchev–Trinajstić information content (AvgIpc) is 2.05. The van der Waals surface area contributed by atoms with Crippen LogP contribution in [0.25, 0.3) is 0 Å². The zero-order chi connectivity index (χ0) is 8.97. The molecule has 12 heavy (non-hydrogen) atoms. The Bertz CT molecular complexity index is 250. The number of rotatable bonds is 3. The maximum Gasteiger partial charge on any atom is 0.213 e. The van der Waals surface area contributed by atoms with Gasteiger partial charge in [0.25, 0.3) is 0 Å². The van der Waals surface area contributed by atoms with Gasteiger partial charge in [-0.05, 0) is 31.2 Å². The minimum atomic E-state index is -0.419. The van der Waals surface area contributed by atoms with Crippen LogP contribution in [0.5, 0.6) is 0 Å². The third-order valence-electron chi connectivity index (χ3n) is 1.76. The number of halogens is 1. The highest BCUT2D eigenvalue weighted by atomic mass is 19.1. The summed E-state index contributed by atoms with van der Waals surface area (Å²) in [5.74, 6) is -0.419. The minimum Gasteiger partial charge on any atom is -0.310 e. The van der Waals surface area contributed by atoms with E-state index in [1.54, 1.807) is 0 Å². The maximum absolute atomic E-state index is 12.6. The zero-order valence-corrected chi connectivity index (χ0v) is 7.34. The summed E-state index contributed by atoms with van der Waals surface area (Å²) in [5, 5.41) is 3.19. The number of pyridine rings is 1. The molecule has 0 aliphatic heterocycles. The number of aromatic nitrogens is 1. The van der Waals surface area contributed by atoms with E-state index in [9.17, 15) is 4.39 Å². The third-order valence-corrected chi connectivity index (χ3v) is 1.76. The molecule has 1 aromatic rings. The molecule has 66 valence electrons. The molecule has 1 aromatic heterocycles. The van der Waals surface area contributed by atoms with Crippen LogP contribution in [0.2, 0.25) is 0 Å². The van der Waals surface area contributed by atoms with Crippen molar-refractivity contribution >= 4 is 0 Å². The second-order valence-electron chi connectivity index (χ2n) is 2.69. The molecule has 0 fully saturated rings. The van der Waals surface area contributed by atoms with Gasteiger partial charge in [-0.15, -0.1) is 0 Å². The SMILES string of the molecule is CCNC(C)c1ccnc(F)c1. The smallest absolute Gasteiger partial charge is 0.213 e. The van der Waals surface area contributed by atoms with Gasteiger partial charge in [0, 0.05) is 12.2 Å². The Morgan fingerprint density at radius 2 is 2.42 bits per heavy atom. The van der Waals surface area contributed by atoms with Gasteiger partial charge in [0.2, 0.25) is 5.95 Å². The standard InChI is InChI=1S/C9H13FN2/c1-3-11-7(2)8-4-5-12-9(10)6-8/h4-7,11H,3H2,1-2H3. The lowest BCUT2D eigenvalue weighted by atomic mass is 10.1. The van der Waals surface area contributed by atoms with Gasteiger partial charge >= 0.3 is 0 Å². The van der Waals surface area contributed by atoms with Crippen molar-refractivity contribution < 1.29 is 4.39 Å². The van der Waals surface area contributed by atoms with E-state index in [-0.39, 0.29) is 6.04 Å². The van der Waals surface area contributed by atoms with Crippen molar-refractivity contribution in [3.63, 3.8) is 0 Å². The second-order valence-corrected chi connectivity index (χ2v) is 2.69. The van der Waals surface area contributed by atoms with Gasteiger partial charge < -0.3 is 5.32 Å². The molecule has 1 heterocycles. The van der Waals surface area contributed by atoms with Crippen LogP contribution in [0, 0.1) is 5.95 Å². The normalized spacial score (nSPS) is 12.9. The molecule has 1 unspecified atom stereocenters. The fourth-order valence-corrected chi connectivity index (χ4v) is 1.11. The van der Waals surface area contributed by atoms with Crippen molar-refractivity contribution in [3.05, 3.63) is 29.8 Å². The number of hydrogen-bond acceptors (Lipinski definition) is 2. The molecule has 0 aliphatic rings. The van der Waals surface area contributed by atoms with E-state index in [1.165, 1.54) is 12.3 Å². The Hall–Kier alpha value is -0.960. The first-order valence-electron chi connectivity index (χ1n) is 4.09. The van der Waals surface area contributed by atoms with Gasteiger partial charge in [0.05, 0.1) is 0 Å². The van der Waals surface area contributed by atoms with Gasteiger partial charge in [0.15, 0.2) is 0 Å². The van der Waals surface area contributed by atoms with Crippen molar-refractivity contribution in [1.82, 2.24) is 10.3 Å². The van der Waals surface area contributed by atoms with Gasteiger partial charge in [0.1, 0.15) is 0 Å². The lowest BCUT2D eigenvalue weighted by Gasteiger charge is -2.11. The molecule has 0 bridgehead atoms. The Labute approximate surface area is 71.8 Å². The molecule has 0 amide bonds. The van der Waals surface area contributed by atoms with E-state index in [1.807, 2.05) is 19.9 Å². The van der Waals surface area contributed by atoms with Crippen LogP contribution in [-0.2, 0) is 0 Å². The van der Waals surface area contributed by atoms with E-state index in [0.717, 1.165) is 12.1 Å². The first-order chi connectivity index (χ1) is 5.74. The van der Waals surface area contributed by atoms with Crippen LogP contribution >= 0.6 is 0 Å². The second kappa shape index (κ2) is 4.16. The molecule has 1 atom stereocenters. The third kappa shape index (κ3) is 2.27. The van der Waals surface area contributed by atoms with Gasteiger partial charge in [-0.25, -0.2) is 4.98 Å². The number of hydrogen-bond donors (Lipinski definition) is 1. The Morgan fingerprint density at radius 1 is 1.67 bits per heavy atom. The molecule has 2 nitrogen and oxygen atoms in total. The van der Waals surface area contributed by atoms with Crippen LogP contribution in [0.1, 0.15) is 25.5 Å². The highest BCUT2D eigenvalue weighted by Crippen LogP contribution is 2.10. The largest absolute Gasteiger partial charge is 0.310 e. The molecule has 0 saturated carbocycles. The van der Waals surface area contributed by atoms with E-state index < -0.39 is 5.95 Å². The molecule has 1 rings (SSSR count). The fraction of sp³-hybridized carbons (Fsp3) is 0.444. The van der Waals surface area contributed by atoms with Crippen molar-refractivity contribution in [2.45, 2.75) is 19.9 Å². The van der Waals surface area contributed by atoms with Gasteiger partial charge in [-0.2, -0.15) is 4.39 Å². The van der Waals surface area contributed by atoms with Gasteiger partial charge in [-0.3, -0.25) is 0 Å². The molecule has 0 radical (unpaired) electrons. The van der Waals surface area contributed by atoms with Crippen molar-refractivity contribution in [1.29, 1.82) is 0 Å². The predicted molar refractivity (Wildman–Crippen MR) is 46.3 cm³/mol. The van der Waals surface area contributed by atoms with Crippen LogP contribution in [0.15, 0.2) is 18.3 Å². The molecule has 3 heteroatoms. The van der Waals surface area contributed by atoms with Crippen LogP contribution in [-0.4, -0.2) is 11.5 Å². The first-order valence-corrected chi connectivity index (χ1v) is 4.09. The summed E-state index contributed by atoms with van der Waals surface area (Å²) >= 11 is 0. The van der Waals surface area contributed by atoms with E-state index in [0.29, 0.717) is 0 Å². The lowest BCUT2D eigenvalue weighted by Crippen LogP contribution is -2.17. The van der Waals surface area contributed by atoms with Crippen molar-refractivity contribution in [2.75, 3.05) is 6.54 Å². The summed E-state index contributed by atoms with van der Waals surface area (Å²) < 4.78 is 12.6. The van der Waals surface area contributed by atoms with E-state index in [4.69, 9.17) is 0 Å². The van der Waals surface area contributed by atoms with Crippen LogP contribution < -0.4 is 5.32 Å². The molecular formula is C9H13FN2. The minimum absolute atomic E-state index is 0.187. The van der Waals surface area contributed by atoms with Crippen LogP contribution in [0.4, 0.5) is 4.39 Å². The Kier molecular flexibility index (Phi) is 3.17. The molecule has 0 aliphatic carbocycles. The Balaban J connectivity index is 2.73. The molecule has 1 N–H and O–H groups in total. The molecule has 0 aromatic carbocycles. The first kappa shape index (κ1) is 9.13. The summed E-state index contributed by atoms with van der Waals surface area (Å²) in [5.41, 5.74) is 0.935. The highest BCUT2D eigenvalue weighted by Gasteiger charge is 2.03. The number of nitrogens with one attached hydrogen (secondary N) is 1. The quantitative estimate of drug-likeness (QED) is 0.697. The molecule has 0 spiro atoms. The number of nitrogens with zero attached hydrogens (tertiary/aromatic N) is 1. The van der Waals surface area contributed by atoms with Gasteiger partial charge in [-0.1, -0.05) is 6.92 Å². The molecular weight excluding hydrogens is 155 g/mol. The summed E-state index contributed by atoms with van der Waals surface area (Å²) in [4.78, 5) is 3.49. The summed E-state index contributed by atoms with van der Waals surface area (Å²) in [7, 11) is 0. The van der Waals surface area contributed by atoms with E-state index >= 15 is 0 Å². The monoisotopic (exact) mass is 168 g/mol. The zero-order valence-electron chi connectivity index (χ0n) is 7.34. The molecule has 0 saturated heterocycles. The average molecular weight is 168 g/mol. The van der Waals surface area contributed by atoms with E-state index in [2.05, 4.69) is 10.3 Å². The summed E-state index contributed by atoms with van der Waals surface area (Å²) in [6, 6.07) is 3.46. The Morgan fingerprint density at radius 3 is 3.00 bits per heavy atom. The summed E-state index contributed by atoms with van der Waals surface area (Å²) in [6.07, 6.45) is 1.48. The van der Waals surface area contributed by atoms with Crippen molar-refractivity contribution in [2.24, 2.45) is 0 Å². The summed E-state index contributed by atoms with van der Waals surface area (Å²) in [6.45, 7) is 4.90. The van der Waals surface area contributed by atoms with Crippen molar-refractivity contribution in [3.8, 4) is 0 Å². The lowest BCUT2D eigenvalue weighted by molar-refractivity contribution is 0.561.